The summed E-state index contributed by atoms with van der Waals surface area (Å²) in [5.41, 5.74) is -4.08. The highest BCUT2D eigenvalue weighted by Gasteiger charge is 2.29. The fourth-order valence-corrected chi connectivity index (χ4v) is 2.57. The van der Waals surface area contributed by atoms with Crippen LogP contribution in [0.2, 0.25) is 0 Å². The minimum atomic E-state index is -4.37. The Bertz CT molecular complexity index is 559. The van der Waals surface area contributed by atoms with Gasteiger partial charge in [0.05, 0.1) is 13.5 Å². The predicted molar refractivity (Wildman–Crippen MR) is 85.7 cm³/mol. The molecule has 0 fully saturated rings. The Balaban J connectivity index is 2.83. The highest BCUT2D eigenvalue weighted by Crippen LogP contribution is 2.36. The van der Waals surface area contributed by atoms with Crippen LogP contribution in [0.5, 0.6) is 0 Å². The molecule has 0 aliphatic heterocycles. The van der Waals surface area contributed by atoms with Crippen LogP contribution in [-0.2, 0) is 9.53 Å². The molecule has 0 aliphatic rings. The molecule has 1 rings (SSSR count). The van der Waals surface area contributed by atoms with Gasteiger partial charge in [0.25, 0.3) is 5.91 Å². The van der Waals surface area contributed by atoms with Crippen molar-refractivity contribution in [1.29, 1.82) is 0 Å². The van der Waals surface area contributed by atoms with Crippen LogP contribution in [0.3, 0.4) is 0 Å². The summed E-state index contributed by atoms with van der Waals surface area (Å²) in [6.45, 7) is 4.50. The van der Waals surface area contributed by atoms with Gasteiger partial charge in [0.15, 0.2) is 0 Å². The van der Waals surface area contributed by atoms with Gasteiger partial charge >= 0.3 is 11.5 Å². The smallest absolute Gasteiger partial charge is 0.446 e. The first kappa shape index (κ1) is 20.3. The van der Waals surface area contributed by atoms with E-state index in [1.807, 2.05) is 13.8 Å². The number of halogens is 3. The van der Waals surface area contributed by atoms with Crippen molar-refractivity contribution in [3.8, 4) is 0 Å². The van der Waals surface area contributed by atoms with E-state index < -0.39 is 11.5 Å². The molecule has 0 spiro atoms. The summed E-state index contributed by atoms with van der Waals surface area (Å²) in [6.07, 6.45) is 0.0664. The zero-order valence-corrected chi connectivity index (χ0v) is 14.5. The molecule has 0 bridgehead atoms. The normalized spacial score (nSPS) is 11.5. The lowest BCUT2D eigenvalue weighted by atomic mass is 10.1. The molecule has 0 N–H and O–H groups in total. The summed E-state index contributed by atoms with van der Waals surface area (Å²) in [5, 5.41) is 0. The van der Waals surface area contributed by atoms with Crippen LogP contribution >= 0.6 is 11.8 Å². The van der Waals surface area contributed by atoms with Crippen molar-refractivity contribution in [2.75, 3.05) is 20.2 Å². The molecule has 0 atom stereocenters. The molecule has 0 unspecified atom stereocenters. The molecular weight excluding hydrogens is 343 g/mol. The lowest BCUT2D eigenvalue weighted by Gasteiger charge is -2.24. The Hall–Kier alpha value is -1.70. The molecule has 0 saturated carbocycles. The molecule has 1 aromatic carbocycles. The van der Waals surface area contributed by atoms with E-state index in [-0.39, 0.29) is 47.0 Å². The number of nitrogens with zero attached hydrogens (tertiary/aromatic N) is 1. The van der Waals surface area contributed by atoms with Crippen LogP contribution in [0.4, 0.5) is 13.2 Å². The van der Waals surface area contributed by atoms with E-state index in [0.29, 0.717) is 6.54 Å². The fourth-order valence-electron chi connectivity index (χ4n) is 2.03. The first-order valence-corrected chi connectivity index (χ1v) is 8.16. The molecule has 134 valence electrons. The SMILES string of the molecule is COC(=O)CCN(CC(C)C)C(=O)c1ccc(SC(F)(F)F)cc1. The first-order valence-electron chi connectivity index (χ1n) is 7.34. The van der Waals surface area contributed by atoms with Crippen molar-refractivity contribution >= 4 is 23.6 Å². The maximum atomic E-state index is 12.5. The summed E-state index contributed by atoms with van der Waals surface area (Å²) < 4.78 is 41.5. The Kier molecular flexibility index (Phi) is 7.59. The zero-order valence-electron chi connectivity index (χ0n) is 13.7. The molecular formula is C16H20F3NO3S. The number of hydrogen-bond donors (Lipinski definition) is 0. The number of esters is 1. The third kappa shape index (κ3) is 7.25. The number of methoxy groups -OCH3 is 1. The standard InChI is InChI=1S/C16H20F3NO3S/c1-11(2)10-20(9-8-14(21)23-3)15(22)12-4-6-13(7-5-12)24-16(17,18)19/h4-7,11H,8-10H2,1-3H3. The van der Waals surface area contributed by atoms with Gasteiger partial charge < -0.3 is 9.64 Å². The van der Waals surface area contributed by atoms with Gasteiger partial charge in [-0.1, -0.05) is 13.8 Å². The lowest BCUT2D eigenvalue weighted by Crippen LogP contribution is -2.36. The third-order valence-corrected chi connectivity index (χ3v) is 3.76. The molecule has 0 aliphatic carbocycles. The van der Waals surface area contributed by atoms with Gasteiger partial charge in [-0.25, -0.2) is 0 Å². The van der Waals surface area contributed by atoms with E-state index in [2.05, 4.69) is 4.74 Å². The van der Waals surface area contributed by atoms with Gasteiger partial charge in [0, 0.05) is 23.5 Å². The van der Waals surface area contributed by atoms with Crippen LogP contribution in [0.25, 0.3) is 0 Å². The van der Waals surface area contributed by atoms with Crippen molar-refractivity contribution in [3.05, 3.63) is 29.8 Å². The number of rotatable bonds is 7. The Labute approximate surface area is 143 Å². The molecule has 8 heteroatoms. The molecule has 1 amide bonds. The molecule has 4 nitrogen and oxygen atoms in total. The Morgan fingerprint density at radius 1 is 1.21 bits per heavy atom. The van der Waals surface area contributed by atoms with Gasteiger partial charge in [0.2, 0.25) is 0 Å². The predicted octanol–water partition coefficient (Wildman–Crippen LogP) is 3.96. The van der Waals surface area contributed by atoms with Crippen molar-refractivity contribution < 1.29 is 27.5 Å². The molecule has 24 heavy (non-hydrogen) atoms. The van der Waals surface area contributed by atoms with Crippen LogP contribution < -0.4 is 0 Å². The van der Waals surface area contributed by atoms with Crippen molar-refractivity contribution in [1.82, 2.24) is 4.90 Å². The number of benzene rings is 1. The van der Waals surface area contributed by atoms with Crippen molar-refractivity contribution in [2.24, 2.45) is 5.92 Å². The molecule has 1 aromatic rings. The lowest BCUT2D eigenvalue weighted by molar-refractivity contribution is -0.140. The van der Waals surface area contributed by atoms with Crippen molar-refractivity contribution in [3.63, 3.8) is 0 Å². The van der Waals surface area contributed by atoms with E-state index in [4.69, 9.17) is 0 Å². The largest absolute Gasteiger partial charge is 0.469 e. The van der Waals surface area contributed by atoms with Crippen LogP contribution in [-0.4, -0.2) is 42.5 Å². The Morgan fingerprint density at radius 3 is 2.25 bits per heavy atom. The number of hydrogen-bond acceptors (Lipinski definition) is 4. The summed E-state index contributed by atoms with van der Waals surface area (Å²) in [4.78, 5) is 25.3. The average molecular weight is 363 g/mol. The maximum Gasteiger partial charge on any atom is 0.446 e. The van der Waals surface area contributed by atoms with Crippen LogP contribution in [0, 0.1) is 5.92 Å². The van der Waals surface area contributed by atoms with Crippen molar-refractivity contribution in [2.45, 2.75) is 30.7 Å². The quantitative estimate of drug-likeness (QED) is 0.543. The number of amides is 1. The zero-order chi connectivity index (χ0) is 18.3. The first-order chi connectivity index (χ1) is 11.1. The summed E-state index contributed by atoms with van der Waals surface area (Å²) in [5.74, 6) is -0.559. The number of carbonyl (C=O) groups is 2. The van der Waals surface area contributed by atoms with Gasteiger partial charge in [-0.15, -0.1) is 0 Å². The van der Waals surface area contributed by atoms with Gasteiger partial charge in [-0.05, 0) is 41.9 Å². The Morgan fingerprint density at radius 2 is 1.79 bits per heavy atom. The number of carbonyl (C=O) groups excluding carboxylic acids is 2. The second-order valence-electron chi connectivity index (χ2n) is 5.54. The third-order valence-electron chi connectivity index (χ3n) is 3.02. The van der Waals surface area contributed by atoms with E-state index in [0.717, 1.165) is 0 Å². The van der Waals surface area contributed by atoms with Gasteiger partial charge in [-0.3, -0.25) is 9.59 Å². The van der Waals surface area contributed by atoms with E-state index in [9.17, 15) is 22.8 Å². The number of ether oxygens (including phenoxy) is 1. The fraction of sp³-hybridized carbons (Fsp3) is 0.500. The van der Waals surface area contributed by atoms with Crippen LogP contribution in [0.15, 0.2) is 29.2 Å². The molecule has 0 aromatic heterocycles. The maximum absolute atomic E-state index is 12.5. The monoisotopic (exact) mass is 363 g/mol. The number of thioether (sulfide) groups is 1. The van der Waals surface area contributed by atoms with Crippen LogP contribution in [0.1, 0.15) is 30.6 Å². The summed E-state index contributed by atoms with van der Waals surface area (Å²) in [6, 6.07) is 5.25. The molecule has 0 saturated heterocycles. The minimum absolute atomic E-state index is 0.0176. The highest BCUT2D eigenvalue weighted by molar-refractivity contribution is 8.00. The average Bonchev–Trinajstić information content (AvgIpc) is 2.49. The summed E-state index contributed by atoms with van der Waals surface area (Å²) in [7, 11) is 1.27. The van der Waals surface area contributed by atoms with E-state index in [1.165, 1.54) is 36.3 Å². The van der Waals surface area contributed by atoms with E-state index in [1.54, 1.807) is 0 Å². The highest BCUT2D eigenvalue weighted by atomic mass is 32.2. The topological polar surface area (TPSA) is 46.6 Å². The second-order valence-corrected chi connectivity index (χ2v) is 6.68. The van der Waals surface area contributed by atoms with Gasteiger partial charge in [-0.2, -0.15) is 13.2 Å². The van der Waals surface area contributed by atoms with E-state index >= 15 is 0 Å². The molecule has 0 heterocycles. The second kappa shape index (κ2) is 8.96. The minimum Gasteiger partial charge on any atom is -0.469 e. The number of alkyl halides is 3. The van der Waals surface area contributed by atoms with Gasteiger partial charge in [0.1, 0.15) is 0 Å². The summed E-state index contributed by atoms with van der Waals surface area (Å²) >= 11 is -0.229. The molecule has 0 radical (unpaired) electrons.